The van der Waals surface area contributed by atoms with Gasteiger partial charge in [0.1, 0.15) is 6.04 Å². The molecule has 9 nitrogen and oxygen atoms in total. The van der Waals surface area contributed by atoms with Crippen LogP contribution < -0.4 is 19.1 Å². The Morgan fingerprint density at radius 2 is 1.76 bits per heavy atom. The lowest BCUT2D eigenvalue weighted by Crippen LogP contribution is -2.47. The largest absolute Gasteiger partial charge is 0.493 e. The van der Waals surface area contributed by atoms with Crippen LogP contribution in [-0.4, -0.2) is 72.0 Å². The smallest absolute Gasteiger partial charge is 0.243 e. The standard InChI is InChI=1S/C24H33N3O6S/c1-18(27(34(4,29)30)21-8-9-22(31-2)23(15-21)32-3)24(28)25-16-19-6-5-7-20(14-19)17-26-10-12-33-13-11-26/h5-9,14-15,18H,10-13,16-17H2,1-4H3,(H,25,28). The number of hydrogen-bond acceptors (Lipinski definition) is 7. The van der Waals surface area contributed by atoms with Gasteiger partial charge in [-0.1, -0.05) is 24.3 Å². The highest BCUT2D eigenvalue weighted by Crippen LogP contribution is 2.33. The maximum atomic E-state index is 13.0. The molecular weight excluding hydrogens is 458 g/mol. The van der Waals surface area contributed by atoms with Gasteiger partial charge < -0.3 is 19.5 Å². The van der Waals surface area contributed by atoms with E-state index in [0.717, 1.165) is 54.5 Å². The van der Waals surface area contributed by atoms with Crippen molar-refractivity contribution in [2.24, 2.45) is 0 Å². The highest BCUT2D eigenvalue weighted by molar-refractivity contribution is 7.92. The first-order chi connectivity index (χ1) is 16.2. The van der Waals surface area contributed by atoms with Crippen molar-refractivity contribution in [1.29, 1.82) is 0 Å². The van der Waals surface area contributed by atoms with Gasteiger partial charge in [0.25, 0.3) is 0 Å². The summed E-state index contributed by atoms with van der Waals surface area (Å²) in [6.45, 7) is 5.95. The molecular formula is C24H33N3O6S. The quantitative estimate of drug-likeness (QED) is 0.543. The van der Waals surface area contributed by atoms with E-state index in [0.29, 0.717) is 23.7 Å². The monoisotopic (exact) mass is 491 g/mol. The predicted molar refractivity (Wildman–Crippen MR) is 131 cm³/mol. The number of nitrogens with one attached hydrogen (secondary N) is 1. The van der Waals surface area contributed by atoms with Crippen LogP contribution in [0, 0.1) is 0 Å². The van der Waals surface area contributed by atoms with Crippen molar-refractivity contribution in [1.82, 2.24) is 10.2 Å². The molecule has 0 radical (unpaired) electrons. The number of amides is 1. The first-order valence-electron chi connectivity index (χ1n) is 11.1. The number of rotatable bonds is 10. The van der Waals surface area contributed by atoms with Crippen LogP contribution in [-0.2, 0) is 32.6 Å². The number of anilines is 1. The van der Waals surface area contributed by atoms with Crippen molar-refractivity contribution in [2.75, 3.05) is 51.1 Å². The van der Waals surface area contributed by atoms with Gasteiger partial charge in [-0.2, -0.15) is 0 Å². The molecule has 1 aliphatic rings. The van der Waals surface area contributed by atoms with E-state index < -0.39 is 22.0 Å². The molecule has 10 heteroatoms. The molecule has 186 valence electrons. The number of nitrogens with zero attached hydrogens (tertiary/aromatic N) is 2. The van der Waals surface area contributed by atoms with E-state index >= 15 is 0 Å². The van der Waals surface area contributed by atoms with Crippen LogP contribution >= 0.6 is 0 Å². The topological polar surface area (TPSA) is 97.4 Å². The molecule has 1 fully saturated rings. The van der Waals surface area contributed by atoms with E-state index in [1.54, 1.807) is 25.1 Å². The first-order valence-corrected chi connectivity index (χ1v) is 12.9. The number of sulfonamides is 1. The zero-order valence-corrected chi connectivity index (χ0v) is 20.9. The molecule has 1 N–H and O–H groups in total. The van der Waals surface area contributed by atoms with Crippen molar-refractivity contribution >= 4 is 21.6 Å². The summed E-state index contributed by atoms with van der Waals surface area (Å²) in [5.74, 6) is 0.436. The summed E-state index contributed by atoms with van der Waals surface area (Å²) in [5, 5.41) is 2.87. The summed E-state index contributed by atoms with van der Waals surface area (Å²) in [4.78, 5) is 15.3. The van der Waals surface area contributed by atoms with Crippen LogP contribution in [0.25, 0.3) is 0 Å². The summed E-state index contributed by atoms with van der Waals surface area (Å²) >= 11 is 0. The maximum absolute atomic E-state index is 13.0. The first kappa shape index (κ1) is 25.8. The van der Waals surface area contributed by atoms with E-state index in [2.05, 4.69) is 22.3 Å². The van der Waals surface area contributed by atoms with Gasteiger partial charge in [0.15, 0.2) is 11.5 Å². The molecule has 0 spiro atoms. The van der Waals surface area contributed by atoms with Gasteiger partial charge in [-0.25, -0.2) is 8.42 Å². The highest BCUT2D eigenvalue weighted by atomic mass is 32.2. The number of hydrogen-bond donors (Lipinski definition) is 1. The molecule has 1 unspecified atom stereocenters. The predicted octanol–water partition coefficient (Wildman–Crippen LogP) is 2.01. The minimum atomic E-state index is -3.75. The number of ether oxygens (including phenoxy) is 3. The molecule has 1 heterocycles. The minimum absolute atomic E-state index is 0.295. The SMILES string of the molecule is COc1ccc(N(C(C)C(=O)NCc2cccc(CN3CCOCC3)c2)S(C)(=O)=O)cc1OC. The van der Waals surface area contributed by atoms with Crippen molar-refractivity contribution < 1.29 is 27.4 Å². The van der Waals surface area contributed by atoms with Crippen LogP contribution in [0.1, 0.15) is 18.1 Å². The summed E-state index contributed by atoms with van der Waals surface area (Å²) in [6, 6.07) is 11.8. The van der Waals surface area contributed by atoms with Crippen LogP contribution in [0.2, 0.25) is 0 Å². The fraction of sp³-hybridized carbons (Fsp3) is 0.458. The van der Waals surface area contributed by atoms with Gasteiger partial charge in [0.2, 0.25) is 15.9 Å². The van der Waals surface area contributed by atoms with Crippen molar-refractivity contribution in [3.05, 3.63) is 53.6 Å². The average molecular weight is 492 g/mol. The van der Waals surface area contributed by atoms with Gasteiger partial charge in [0, 0.05) is 32.2 Å². The van der Waals surface area contributed by atoms with Crippen LogP contribution in [0.3, 0.4) is 0 Å². The van der Waals surface area contributed by atoms with E-state index in [1.807, 2.05) is 12.1 Å². The average Bonchev–Trinajstić information content (AvgIpc) is 2.82. The third-order valence-electron chi connectivity index (χ3n) is 5.68. The lowest BCUT2D eigenvalue weighted by Gasteiger charge is -2.29. The van der Waals surface area contributed by atoms with Gasteiger partial charge in [-0.3, -0.25) is 14.0 Å². The summed E-state index contributed by atoms with van der Waals surface area (Å²) in [7, 11) is -0.787. The zero-order chi connectivity index (χ0) is 24.7. The Kier molecular flexibility index (Phi) is 8.76. The van der Waals surface area contributed by atoms with E-state index in [9.17, 15) is 13.2 Å². The lowest BCUT2D eigenvalue weighted by atomic mass is 10.1. The fourth-order valence-electron chi connectivity index (χ4n) is 3.96. The molecule has 1 amide bonds. The fourth-order valence-corrected chi connectivity index (χ4v) is 5.13. The molecule has 3 rings (SSSR count). The van der Waals surface area contributed by atoms with Gasteiger partial charge >= 0.3 is 0 Å². The van der Waals surface area contributed by atoms with Crippen LogP contribution in [0.4, 0.5) is 5.69 Å². The molecule has 0 saturated carbocycles. The van der Waals surface area contributed by atoms with Gasteiger partial charge in [-0.05, 0) is 30.2 Å². The van der Waals surface area contributed by atoms with Crippen molar-refractivity contribution in [2.45, 2.75) is 26.1 Å². The molecule has 1 atom stereocenters. The molecule has 34 heavy (non-hydrogen) atoms. The molecule has 0 bridgehead atoms. The van der Waals surface area contributed by atoms with Crippen LogP contribution in [0.5, 0.6) is 11.5 Å². The normalized spacial score (nSPS) is 15.4. The third-order valence-corrected chi connectivity index (χ3v) is 6.92. The second-order valence-electron chi connectivity index (χ2n) is 8.20. The molecule has 1 saturated heterocycles. The van der Waals surface area contributed by atoms with E-state index in [-0.39, 0.29) is 0 Å². The maximum Gasteiger partial charge on any atom is 0.243 e. The summed E-state index contributed by atoms with van der Waals surface area (Å²) < 4.78 is 42.2. The highest BCUT2D eigenvalue weighted by Gasteiger charge is 2.29. The number of morpholine rings is 1. The van der Waals surface area contributed by atoms with E-state index in [4.69, 9.17) is 14.2 Å². The lowest BCUT2D eigenvalue weighted by molar-refractivity contribution is -0.122. The molecule has 0 aliphatic carbocycles. The Labute approximate surface area is 201 Å². The Balaban J connectivity index is 1.70. The van der Waals surface area contributed by atoms with E-state index in [1.165, 1.54) is 14.2 Å². The number of carbonyl (C=O) groups excluding carboxylic acids is 1. The Morgan fingerprint density at radius 3 is 2.41 bits per heavy atom. The van der Waals surface area contributed by atoms with Gasteiger partial charge in [-0.15, -0.1) is 0 Å². The van der Waals surface area contributed by atoms with Crippen LogP contribution in [0.15, 0.2) is 42.5 Å². The summed E-state index contributed by atoms with van der Waals surface area (Å²) in [6.07, 6.45) is 1.07. The molecule has 2 aromatic rings. The Bertz CT molecular complexity index is 1090. The molecule has 0 aromatic heterocycles. The zero-order valence-electron chi connectivity index (χ0n) is 20.1. The Hall–Kier alpha value is -2.82. The second kappa shape index (κ2) is 11.5. The van der Waals surface area contributed by atoms with Gasteiger partial charge in [0.05, 0.1) is 39.4 Å². The minimum Gasteiger partial charge on any atom is -0.493 e. The molecule has 2 aromatic carbocycles. The van der Waals surface area contributed by atoms with Crippen molar-refractivity contribution in [3.8, 4) is 11.5 Å². The number of carbonyl (C=O) groups is 1. The van der Waals surface area contributed by atoms with Crippen molar-refractivity contribution in [3.63, 3.8) is 0 Å². The third kappa shape index (κ3) is 6.62. The second-order valence-corrected chi connectivity index (χ2v) is 10.1. The summed E-state index contributed by atoms with van der Waals surface area (Å²) in [5.41, 5.74) is 2.42. The number of methoxy groups -OCH3 is 2. The Morgan fingerprint density at radius 1 is 1.09 bits per heavy atom. The number of benzene rings is 2. The molecule has 1 aliphatic heterocycles.